The number of hydrogen-bond donors (Lipinski definition) is 0. The van der Waals surface area contributed by atoms with E-state index in [1.807, 2.05) is 0 Å². The summed E-state index contributed by atoms with van der Waals surface area (Å²) in [7, 11) is 6.01. The first kappa shape index (κ1) is 13.0. The van der Waals surface area contributed by atoms with Gasteiger partial charge in [-0.3, -0.25) is 0 Å². The number of benzene rings is 1. The molecule has 0 saturated heterocycles. The van der Waals surface area contributed by atoms with Crippen molar-refractivity contribution in [3.05, 3.63) is 42.0 Å². The Labute approximate surface area is 118 Å². The van der Waals surface area contributed by atoms with Crippen LogP contribution in [0.5, 0.6) is 0 Å². The summed E-state index contributed by atoms with van der Waals surface area (Å²) in [4.78, 5) is 0. The Hall–Kier alpha value is -0.975. The largest absolute Gasteiger partial charge is 0.0804 e. The van der Waals surface area contributed by atoms with Crippen LogP contribution in [0.15, 0.2) is 36.4 Å². The van der Waals surface area contributed by atoms with E-state index in [0.29, 0.717) is 5.82 Å². The van der Waals surface area contributed by atoms with E-state index in [-0.39, 0.29) is 0 Å². The lowest BCUT2D eigenvalue weighted by molar-refractivity contribution is 0.236. The van der Waals surface area contributed by atoms with Gasteiger partial charge in [0.1, 0.15) is 0 Å². The van der Waals surface area contributed by atoms with Crippen molar-refractivity contribution < 1.29 is 0 Å². The molecule has 1 aromatic rings. The molecule has 1 heteroatoms. The van der Waals surface area contributed by atoms with Gasteiger partial charge in [-0.2, -0.15) is 0 Å². The van der Waals surface area contributed by atoms with Crippen LogP contribution in [0.3, 0.4) is 0 Å². The monoisotopic (exact) mass is 250 g/mol. The maximum atomic E-state index is 6.01. The molecular formula is C18H23B. The Morgan fingerprint density at radius 3 is 2.21 bits per heavy atom. The molecule has 98 valence electrons. The van der Waals surface area contributed by atoms with Crippen LogP contribution in [-0.4, -0.2) is 7.85 Å². The third-order valence-electron chi connectivity index (χ3n) is 5.08. The van der Waals surface area contributed by atoms with E-state index < -0.39 is 0 Å². The average molecular weight is 250 g/mol. The molecule has 0 amide bonds. The van der Waals surface area contributed by atoms with Gasteiger partial charge in [-0.15, -0.1) is 0 Å². The third-order valence-corrected chi connectivity index (χ3v) is 5.08. The van der Waals surface area contributed by atoms with Crippen LogP contribution in [0.2, 0.25) is 5.82 Å². The average Bonchev–Trinajstić information content (AvgIpc) is 2.49. The van der Waals surface area contributed by atoms with Crippen molar-refractivity contribution in [1.29, 1.82) is 0 Å². The van der Waals surface area contributed by atoms with Gasteiger partial charge < -0.3 is 0 Å². The first-order chi connectivity index (χ1) is 9.33. The van der Waals surface area contributed by atoms with Gasteiger partial charge in [-0.05, 0) is 42.2 Å². The molecular weight excluding hydrogens is 227 g/mol. The molecule has 1 atom stereocenters. The molecule has 1 saturated carbocycles. The number of rotatable bonds is 2. The van der Waals surface area contributed by atoms with Gasteiger partial charge in [0.15, 0.2) is 0 Å². The molecule has 1 aromatic carbocycles. The summed E-state index contributed by atoms with van der Waals surface area (Å²) in [6.07, 6.45) is 11.6. The first-order valence-electron chi connectivity index (χ1n) is 7.83. The molecule has 0 heterocycles. The summed E-state index contributed by atoms with van der Waals surface area (Å²) in [5.41, 5.74) is 2.98. The zero-order chi connectivity index (χ0) is 13.1. The van der Waals surface area contributed by atoms with Crippen molar-refractivity contribution in [3.8, 4) is 0 Å². The zero-order valence-electron chi connectivity index (χ0n) is 11.7. The topological polar surface area (TPSA) is 0 Å². The van der Waals surface area contributed by atoms with E-state index in [9.17, 15) is 0 Å². The fourth-order valence-electron chi connectivity index (χ4n) is 3.81. The van der Waals surface area contributed by atoms with E-state index >= 15 is 0 Å². The number of hydrogen-bond acceptors (Lipinski definition) is 0. The smallest absolute Gasteiger partial charge is 0.0699 e. The Morgan fingerprint density at radius 2 is 1.58 bits per heavy atom. The van der Waals surface area contributed by atoms with Crippen molar-refractivity contribution in [3.63, 3.8) is 0 Å². The highest BCUT2D eigenvalue weighted by molar-refractivity contribution is 6.11. The molecule has 0 bridgehead atoms. The van der Waals surface area contributed by atoms with Gasteiger partial charge in [0.05, 0.1) is 7.85 Å². The van der Waals surface area contributed by atoms with Crippen LogP contribution >= 0.6 is 0 Å². The molecule has 2 radical (unpaired) electrons. The van der Waals surface area contributed by atoms with E-state index in [0.717, 1.165) is 11.8 Å². The van der Waals surface area contributed by atoms with Gasteiger partial charge in [-0.25, -0.2) is 0 Å². The predicted molar refractivity (Wildman–Crippen MR) is 83.2 cm³/mol. The molecule has 2 aliphatic carbocycles. The summed E-state index contributed by atoms with van der Waals surface area (Å²) < 4.78 is 0. The second-order valence-electron chi connectivity index (χ2n) is 6.30. The van der Waals surface area contributed by atoms with Crippen molar-refractivity contribution in [2.24, 2.45) is 11.8 Å². The summed E-state index contributed by atoms with van der Waals surface area (Å²) in [5.74, 6) is 2.34. The third kappa shape index (κ3) is 3.13. The fraction of sp³-hybridized carbons (Fsp3) is 0.556. The molecule has 0 N–H and O–H groups in total. The van der Waals surface area contributed by atoms with Crippen LogP contribution in [0.25, 0.3) is 5.57 Å². The Bertz CT molecular complexity index is 426. The summed E-state index contributed by atoms with van der Waals surface area (Å²) in [6, 6.07) is 10.9. The second-order valence-corrected chi connectivity index (χ2v) is 6.30. The molecule has 19 heavy (non-hydrogen) atoms. The lowest BCUT2D eigenvalue weighted by Crippen LogP contribution is -2.21. The van der Waals surface area contributed by atoms with Crippen LogP contribution in [0.1, 0.15) is 50.5 Å². The van der Waals surface area contributed by atoms with Crippen molar-refractivity contribution in [2.75, 3.05) is 0 Å². The van der Waals surface area contributed by atoms with Gasteiger partial charge in [0.25, 0.3) is 0 Å². The van der Waals surface area contributed by atoms with E-state index in [4.69, 9.17) is 7.85 Å². The van der Waals surface area contributed by atoms with E-state index in [1.54, 1.807) is 5.57 Å². The highest BCUT2D eigenvalue weighted by Gasteiger charge is 2.27. The molecule has 1 fully saturated rings. The van der Waals surface area contributed by atoms with E-state index in [1.165, 1.54) is 50.5 Å². The maximum Gasteiger partial charge on any atom is 0.0699 e. The standard InChI is InChI=1S/C18H23B/c19-18-12-10-17(11-13-18)16-8-6-15(7-9-16)14-4-2-1-3-5-14/h1-6,16-18H,7-13H2. The lowest BCUT2D eigenvalue weighted by Gasteiger charge is -2.34. The Morgan fingerprint density at radius 1 is 0.842 bits per heavy atom. The van der Waals surface area contributed by atoms with Crippen LogP contribution in [-0.2, 0) is 0 Å². The molecule has 0 aliphatic heterocycles. The van der Waals surface area contributed by atoms with Crippen molar-refractivity contribution in [1.82, 2.24) is 0 Å². The molecule has 0 nitrogen and oxygen atoms in total. The number of allylic oxidation sites excluding steroid dienone is 2. The van der Waals surface area contributed by atoms with Crippen molar-refractivity contribution >= 4 is 13.4 Å². The Kier molecular flexibility index (Phi) is 4.10. The van der Waals surface area contributed by atoms with Gasteiger partial charge in [-0.1, -0.05) is 67.9 Å². The highest BCUT2D eigenvalue weighted by Crippen LogP contribution is 2.41. The second kappa shape index (κ2) is 5.99. The van der Waals surface area contributed by atoms with Crippen LogP contribution < -0.4 is 0 Å². The van der Waals surface area contributed by atoms with Crippen LogP contribution in [0, 0.1) is 11.8 Å². The zero-order valence-corrected chi connectivity index (χ0v) is 11.7. The highest BCUT2D eigenvalue weighted by atomic mass is 14.3. The quantitative estimate of drug-likeness (QED) is 0.646. The minimum absolute atomic E-state index is 0.482. The fourth-order valence-corrected chi connectivity index (χ4v) is 3.81. The van der Waals surface area contributed by atoms with Gasteiger partial charge >= 0.3 is 0 Å². The molecule has 0 spiro atoms. The minimum Gasteiger partial charge on any atom is -0.0804 e. The minimum atomic E-state index is 0.482. The maximum absolute atomic E-state index is 6.01. The normalized spacial score (nSPS) is 31.8. The lowest BCUT2D eigenvalue weighted by atomic mass is 9.66. The van der Waals surface area contributed by atoms with E-state index in [2.05, 4.69) is 36.4 Å². The summed E-state index contributed by atoms with van der Waals surface area (Å²) in [6.45, 7) is 0. The van der Waals surface area contributed by atoms with Gasteiger partial charge in [0, 0.05) is 0 Å². The summed E-state index contributed by atoms with van der Waals surface area (Å²) >= 11 is 0. The summed E-state index contributed by atoms with van der Waals surface area (Å²) in [5, 5.41) is 0. The molecule has 1 unspecified atom stereocenters. The first-order valence-corrected chi connectivity index (χ1v) is 7.83. The Balaban J connectivity index is 1.61. The van der Waals surface area contributed by atoms with Gasteiger partial charge in [0.2, 0.25) is 0 Å². The van der Waals surface area contributed by atoms with Crippen LogP contribution in [0.4, 0.5) is 0 Å². The SMILES string of the molecule is [B]C1CCC(C2CC=C(c3ccccc3)CC2)CC1. The molecule has 2 aliphatic rings. The molecule has 3 rings (SSSR count). The van der Waals surface area contributed by atoms with Crippen molar-refractivity contribution in [2.45, 2.75) is 50.8 Å². The predicted octanol–water partition coefficient (Wildman–Crippen LogP) is 5.02. The molecule has 0 aromatic heterocycles.